The summed E-state index contributed by atoms with van der Waals surface area (Å²) in [5.41, 5.74) is 6.74. The summed E-state index contributed by atoms with van der Waals surface area (Å²) in [6.07, 6.45) is 0. The topological polar surface area (TPSA) is 27.6 Å². The lowest BCUT2D eigenvalue weighted by atomic mass is 10.1. The zero-order chi connectivity index (χ0) is 19.5. The van der Waals surface area contributed by atoms with Crippen LogP contribution in [0.25, 0.3) is 0 Å². The summed E-state index contributed by atoms with van der Waals surface area (Å²) in [5, 5.41) is 3.44. The SMILES string of the molecule is c1ccc(N(c2ccccc2)c2ccc(C3=Nc4ccccc4CN3)cc2)cc1. The molecule has 3 heteroatoms. The monoisotopic (exact) mass is 375 g/mol. The zero-order valence-electron chi connectivity index (χ0n) is 16.0. The van der Waals surface area contributed by atoms with E-state index >= 15 is 0 Å². The van der Waals surface area contributed by atoms with Crippen molar-refractivity contribution in [2.24, 2.45) is 4.99 Å². The highest BCUT2D eigenvalue weighted by Crippen LogP contribution is 2.34. The van der Waals surface area contributed by atoms with Crippen LogP contribution in [0.15, 0.2) is 114 Å². The highest BCUT2D eigenvalue weighted by molar-refractivity contribution is 6.01. The van der Waals surface area contributed by atoms with E-state index in [1.54, 1.807) is 0 Å². The van der Waals surface area contributed by atoms with Crippen molar-refractivity contribution in [2.45, 2.75) is 6.54 Å². The van der Waals surface area contributed by atoms with Crippen molar-refractivity contribution in [1.29, 1.82) is 0 Å². The highest BCUT2D eigenvalue weighted by Gasteiger charge is 2.15. The van der Waals surface area contributed by atoms with Crippen LogP contribution in [0.1, 0.15) is 11.1 Å². The van der Waals surface area contributed by atoms with Gasteiger partial charge in [0.2, 0.25) is 0 Å². The minimum absolute atomic E-state index is 0.802. The molecule has 1 aliphatic heterocycles. The normalized spacial score (nSPS) is 12.5. The number of nitrogens with one attached hydrogen (secondary N) is 1. The van der Waals surface area contributed by atoms with E-state index in [0.717, 1.165) is 40.7 Å². The van der Waals surface area contributed by atoms with E-state index in [-0.39, 0.29) is 0 Å². The fourth-order valence-electron chi connectivity index (χ4n) is 3.64. The highest BCUT2D eigenvalue weighted by atomic mass is 15.1. The standard InChI is InChI=1S/C26H21N3/c1-3-10-22(11-4-1)29(23-12-5-2-6-13-23)24-17-15-20(16-18-24)26-27-19-21-9-7-8-14-25(21)28-26/h1-18H,19H2,(H,27,28). The summed E-state index contributed by atoms with van der Waals surface area (Å²) in [5.74, 6) is 0.918. The van der Waals surface area contributed by atoms with Crippen molar-refractivity contribution in [2.75, 3.05) is 4.90 Å². The second-order valence-electron chi connectivity index (χ2n) is 7.00. The Morgan fingerprint density at radius 3 is 1.79 bits per heavy atom. The Morgan fingerprint density at radius 1 is 0.586 bits per heavy atom. The summed E-state index contributed by atoms with van der Waals surface area (Å²) in [6, 6.07) is 37.7. The fraction of sp³-hybridized carbons (Fsp3) is 0.0385. The number of benzene rings is 4. The third kappa shape index (κ3) is 3.50. The summed E-state index contributed by atoms with van der Waals surface area (Å²) in [6.45, 7) is 0.802. The molecule has 1 heterocycles. The molecule has 4 aromatic carbocycles. The maximum atomic E-state index is 4.80. The summed E-state index contributed by atoms with van der Waals surface area (Å²) < 4.78 is 0. The van der Waals surface area contributed by atoms with Gasteiger partial charge in [-0.25, -0.2) is 4.99 Å². The number of nitrogens with zero attached hydrogens (tertiary/aromatic N) is 2. The largest absolute Gasteiger partial charge is 0.365 e. The van der Waals surface area contributed by atoms with Gasteiger partial charge in [0, 0.05) is 29.2 Å². The summed E-state index contributed by atoms with van der Waals surface area (Å²) in [7, 11) is 0. The second kappa shape index (κ2) is 7.64. The van der Waals surface area contributed by atoms with Gasteiger partial charge in [0.1, 0.15) is 5.84 Å². The van der Waals surface area contributed by atoms with E-state index in [4.69, 9.17) is 4.99 Å². The molecule has 4 aromatic rings. The van der Waals surface area contributed by atoms with Gasteiger partial charge in [-0.2, -0.15) is 0 Å². The Balaban J connectivity index is 1.51. The molecule has 0 bridgehead atoms. The maximum Gasteiger partial charge on any atom is 0.134 e. The first-order valence-electron chi connectivity index (χ1n) is 9.80. The van der Waals surface area contributed by atoms with Gasteiger partial charge in [0.05, 0.1) is 5.69 Å². The Labute approximate surface area is 171 Å². The third-order valence-corrected chi connectivity index (χ3v) is 5.10. The molecule has 140 valence electrons. The van der Waals surface area contributed by atoms with Crippen molar-refractivity contribution in [3.63, 3.8) is 0 Å². The molecule has 0 aliphatic carbocycles. The molecule has 5 rings (SSSR count). The van der Waals surface area contributed by atoms with E-state index in [1.165, 1.54) is 5.56 Å². The maximum absolute atomic E-state index is 4.80. The number of rotatable bonds is 4. The number of hydrogen-bond acceptors (Lipinski definition) is 3. The molecule has 29 heavy (non-hydrogen) atoms. The molecule has 0 spiro atoms. The van der Waals surface area contributed by atoms with Crippen LogP contribution in [-0.4, -0.2) is 5.84 Å². The van der Waals surface area contributed by atoms with Gasteiger partial charge in [0.15, 0.2) is 0 Å². The van der Waals surface area contributed by atoms with Gasteiger partial charge in [-0.1, -0.05) is 54.6 Å². The number of hydrogen-bond donors (Lipinski definition) is 1. The smallest absolute Gasteiger partial charge is 0.134 e. The average molecular weight is 375 g/mol. The van der Waals surface area contributed by atoms with Gasteiger partial charge in [0.25, 0.3) is 0 Å². The van der Waals surface area contributed by atoms with Crippen molar-refractivity contribution in [3.05, 3.63) is 120 Å². The Kier molecular flexibility index (Phi) is 4.55. The molecule has 0 amide bonds. The summed E-state index contributed by atoms with van der Waals surface area (Å²) in [4.78, 5) is 7.06. The second-order valence-corrected chi connectivity index (χ2v) is 7.00. The molecule has 0 fully saturated rings. The van der Waals surface area contributed by atoms with Gasteiger partial charge >= 0.3 is 0 Å². The van der Waals surface area contributed by atoms with E-state index in [0.29, 0.717) is 0 Å². The van der Waals surface area contributed by atoms with E-state index in [1.807, 2.05) is 18.2 Å². The molecular weight excluding hydrogens is 354 g/mol. The van der Waals surface area contributed by atoms with Gasteiger partial charge in [-0.05, 0) is 60.2 Å². The first-order chi connectivity index (χ1) is 14.4. The molecule has 1 aliphatic rings. The third-order valence-electron chi connectivity index (χ3n) is 5.10. The molecule has 0 saturated carbocycles. The first kappa shape index (κ1) is 17.3. The first-order valence-corrected chi connectivity index (χ1v) is 9.80. The van der Waals surface area contributed by atoms with Crippen LogP contribution in [0, 0.1) is 0 Å². The average Bonchev–Trinajstić information content (AvgIpc) is 2.81. The van der Waals surface area contributed by atoms with Crippen LogP contribution in [0.2, 0.25) is 0 Å². The number of aliphatic imine (C=N–C) groups is 1. The van der Waals surface area contributed by atoms with Gasteiger partial charge in [-0.3, -0.25) is 0 Å². The van der Waals surface area contributed by atoms with Crippen LogP contribution < -0.4 is 10.2 Å². The zero-order valence-corrected chi connectivity index (χ0v) is 16.0. The molecule has 3 nitrogen and oxygen atoms in total. The number of anilines is 3. The predicted octanol–water partition coefficient (Wildman–Crippen LogP) is 6.34. The van der Waals surface area contributed by atoms with E-state index in [2.05, 4.69) is 101 Å². The quantitative estimate of drug-likeness (QED) is 0.451. The van der Waals surface area contributed by atoms with Crippen molar-refractivity contribution in [3.8, 4) is 0 Å². The van der Waals surface area contributed by atoms with E-state index < -0.39 is 0 Å². The van der Waals surface area contributed by atoms with Crippen molar-refractivity contribution in [1.82, 2.24) is 5.32 Å². The fourth-order valence-corrected chi connectivity index (χ4v) is 3.64. The van der Waals surface area contributed by atoms with Crippen LogP contribution in [0.4, 0.5) is 22.7 Å². The summed E-state index contributed by atoms with van der Waals surface area (Å²) >= 11 is 0. The van der Waals surface area contributed by atoms with E-state index in [9.17, 15) is 0 Å². The van der Waals surface area contributed by atoms with Crippen molar-refractivity contribution >= 4 is 28.6 Å². The molecule has 0 atom stereocenters. The van der Waals surface area contributed by atoms with Crippen LogP contribution >= 0.6 is 0 Å². The Morgan fingerprint density at radius 2 is 1.14 bits per heavy atom. The predicted molar refractivity (Wildman–Crippen MR) is 121 cm³/mol. The molecule has 0 unspecified atom stereocenters. The van der Waals surface area contributed by atoms with Crippen LogP contribution in [0.3, 0.4) is 0 Å². The Hall–Kier alpha value is -3.85. The lowest BCUT2D eigenvalue weighted by molar-refractivity contribution is 0.893. The number of para-hydroxylation sites is 3. The minimum atomic E-state index is 0.802. The molecule has 0 radical (unpaired) electrons. The van der Waals surface area contributed by atoms with Crippen molar-refractivity contribution < 1.29 is 0 Å². The number of amidine groups is 1. The van der Waals surface area contributed by atoms with Gasteiger partial charge < -0.3 is 10.2 Å². The van der Waals surface area contributed by atoms with Crippen LogP contribution in [-0.2, 0) is 6.54 Å². The number of fused-ring (bicyclic) bond motifs is 1. The van der Waals surface area contributed by atoms with Crippen LogP contribution in [0.5, 0.6) is 0 Å². The molecular formula is C26H21N3. The Bertz CT molecular complexity index is 1090. The van der Waals surface area contributed by atoms with Gasteiger partial charge in [-0.15, -0.1) is 0 Å². The lowest BCUT2D eigenvalue weighted by Gasteiger charge is -2.25. The molecule has 0 aromatic heterocycles. The minimum Gasteiger partial charge on any atom is -0.365 e. The molecule has 0 saturated heterocycles. The lowest BCUT2D eigenvalue weighted by Crippen LogP contribution is -2.26. The molecule has 1 N–H and O–H groups in total.